The van der Waals surface area contributed by atoms with Crippen molar-refractivity contribution < 1.29 is 9.59 Å². The fourth-order valence-corrected chi connectivity index (χ4v) is 3.99. The lowest BCUT2D eigenvalue weighted by atomic mass is 10.1. The number of carbonyl (C=O) groups excluding carboxylic acids is 2. The Hall–Kier alpha value is -1.10. The van der Waals surface area contributed by atoms with Gasteiger partial charge >= 0.3 is 0 Å². The Morgan fingerprint density at radius 1 is 0.548 bits per heavy atom. The summed E-state index contributed by atoms with van der Waals surface area (Å²) in [6, 6.07) is 0. The minimum Gasteiger partial charge on any atom is -0.339 e. The van der Waals surface area contributed by atoms with Crippen LogP contribution in [0.25, 0.3) is 0 Å². The molecule has 5 heteroatoms. The molecule has 0 spiro atoms. The number of piperazine rings is 1. The molecule has 5 nitrogen and oxygen atoms in total. The normalized spacial score (nSPS) is 13.7. The second-order valence-electron chi connectivity index (χ2n) is 9.00. The second kappa shape index (κ2) is 22.1. The van der Waals surface area contributed by atoms with E-state index in [-0.39, 0.29) is 11.8 Å². The maximum absolute atomic E-state index is 12.4. The van der Waals surface area contributed by atoms with Crippen LogP contribution in [-0.2, 0) is 9.59 Å². The summed E-state index contributed by atoms with van der Waals surface area (Å²) in [4.78, 5) is 28.6. The minimum atomic E-state index is 0.285. The molecule has 1 aliphatic rings. The molecular formula is C26H53N3O2. The van der Waals surface area contributed by atoms with Crippen LogP contribution in [0.15, 0.2) is 0 Å². The molecule has 1 rings (SSSR count). The maximum Gasteiger partial charge on any atom is 0.222 e. The van der Waals surface area contributed by atoms with Crippen LogP contribution in [0, 0.1) is 0 Å². The van der Waals surface area contributed by atoms with Crippen molar-refractivity contribution in [3.05, 3.63) is 0 Å². The summed E-state index contributed by atoms with van der Waals surface area (Å²) in [6.07, 6.45) is 18.8. The highest BCUT2D eigenvalue weighted by molar-refractivity contribution is 5.78. The first-order valence-corrected chi connectivity index (χ1v) is 13.2. The molecule has 1 N–H and O–H groups in total. The molecule has 0 aromatic carbocycles. The van der Waals surface area contributed by atoms with Gasteiger partial charge in [-0.3, -0.25) is 9.59 Å². The number of rotatable bonds is 16. The van der Waals surface area contributed by atoms with Gasteiger partial charge in [-0.2, -0.15) is 0 Å². The molecule has 0 bridgehead atoms. The Bertz CT molecular complexity index is 383. The molecule has 0 saturated carbocycles. The average Bonchev–Trinajstić information content (AvgIpc) is 2.78. The lowest BCUT2D eigenvalue weighted by Gasteiger charge is -2.35. The van der Waals surface area contributed by atoms with Crippen molar-refractivity contribution in [3.63, 3.8) is 0 Å². The first-order chi connectivity index (χ1) is 15.1. The van der Waals surface area contributed by atoms with Crippen LogP contribution in [0.1, 0.15) is 117 Å². The van der Waals surface area contributed by atoms with Crippen molar-refractivity contribution in [2.75, 3.05) is 40.3 Å². The standard InChI is InChI=1S/C24H46N2O2.C2H7N/c1-3-5-7-9-11-13-15-17-23(27)25-19-21-26(22-20-25)24(28)18-16-14-12-10-8-6-4-2;1-3-2/h3-22H2,1-2H3;3H,1-2H3. The smallest absolute Gasteiger partial charge is 0.222 e. The molecule has 0 atom stereocenters. The number of amides is 2. The van der Waals surface area contributed by atoms with E-state index in [4.69, 9.17) is 0 Å². The number of hydrogen-bond donors (Lipinski definition) is 1. The summed E-state index contributed by atoms with van der Waals surface area (Å²) < 4.78 is 0. The van der Waals surface area contributed by atoms with Gasteiger partial charge in [0.05, 0.1) is 0 Å². The third-order valence-electron chi connectivity index (χ3n) is 5.97. The molecule has 1 heterocycles. The Morgan fingerprint density at radius 3 is 1.10 bits per heavy atom. The van der Waals surface area contributed by atoms with Crippen LogP contribution in [0.5, 0.6) is 0 Å². The molecule has 0 radical (unpaired) electrons. The first-order valence-electron chi connectivity index (χ1n) is 13.2. The molecule has 2 amide bonds. The maximum atomic E-state index is 12.4. The topological polar surface area (TPSA) is 52.7 Å². The summed E-state index contributed by atoms with van der Waals surface area (Å²) in [5.41, 5.74) is 0. The number of hydrogen-bond acceptors (Lipinski definition) is 3. The Morgan fingerprint density at radius 2 is 0.806 bits per heavy atom. The summed E-state index contributed by atoms with van der Waals surface area (Å²) >= 11 is 0. The number of nitrogens with one attached hydrogen (secondary N) is 1. The zero-order valence-electron chi connectivity index (χ0n) is 21.4. The largest absolute Gasteiger partial charge is 0.339 e. The molecule has 1 fully saturated rings. The van der Waals surface area contributed by atoms with Gasteiger partial charge in [0, 0.05) is 39.0 Å². The van der Waals surface area contributed by atoms with Crippen molar-refractivity contribution >= 4 is 11.8 Å². The van der Waals surface area contributed by atoms with E-state index >= 15 is 0 Å². The van der Waals surface area contributed by atoms with E-state index in [1.807, 2.05) is 23.9 Å². The van der Waals surface area contributed by atoms with Gasteiger partial charge in [-0.25, -0.2) is 0 Å². The Kier molecular flexibility index (Phi) is 21.3. The molecule has 1 saturated heterocycles. The summed E-state index contributed by atoms with van der Waals surface area (Å²) in [5.74, 6) is 0.570. The van der Waals surface area contributed by atoms with Gasteiger partial charge in [-0.15, -0.1) is 0 Å². The van der Waals surface area contributed by atoms with E-state index in [0.717, 1.165) is 39.0 Å². The van der Waals surface area contributed by atoms with E-state index in [0.29, 0.717) is 12.8 Å². The zero-order valence-corrected chi connectivity index (χ0v) is 21.4. The number of nitrogens with zero attached hydrogens (tertiary/aromatic N) is 2. The summed E-state index contributed by atoms with van der Waals surface area (Å²) in [5, 5.41) is 2.75. The predicted octanol–water partition coefficient (Wildman–Crippen LogP) is 5.77. The van der Waals surface area contributed by atoms with Gasteiger partial charge in [0.25, 0.3) is 0 Å². The van der Waals surface area contributed by atoms with Crippen LogP contribution in [0.3, 0.4) is 0 Å². The van der Waals surface area contributed by atoms with Crippen molar-refractivity contribution in [1.29, 1.82) is 0 Å². The van der Waals surface area contributed by atoms with Crippen molar-refractivity contribution in [2.24, 2.45) is 0 Å². The van der Waals surface area contributed by atoms with E-state index in [9.17, 15) is 9.59 Å². The lowest BCUT2D eigenvalue weighted by Crippen LogP contribution is -2.50. The third-order valence-corrected chi connectivity index (χ3v) is 5.97. The van der Waals surface area contributed by atoms with Gasteiger partial charge in [0.15, 0.2) is 0 Å². The third kappa shape index (κ3) is 17.2. The molecular weight excluding hydrogens is 386 g/mol. The highest BCUT2D eigenvalue weighted by Crippen LogP contribution is 2.13. The van der Waals surface area contributed by atoms with Gasteiger partial charge in [0.2, 0.25) is 11.8 Å². The summed E-state index contributed by atoms with van der Waals surface area (Å²) in [6.45, 7) is 7.36. The average molecular weight is 440 g/mol. The van der Waals surface area contributed by atoms with Gasteiger partial charge in [-0.1, -0.05) is 90.9 Å². The molecule has 0 aromatic rings. The van der Waals surface area contributed by atoms with E-state index in [1.165, 1.54) is 77.0 Å². The number of carbonyl (C=O) groups is 2. The monoisotopic (exact) mass is 439 g/mol. The molecule has 1 aliphatic heterocycles. The molecule has 31 heavy (non-hydrogen) atoms. The van der Waals surface area contributed by atoms with Crippen molar-refractivity contribution in [2.45, 2.75) is 117 Å². The Balaban J connectivity index is 0.00000282. The van der Waals surface area contributed by atoms with Crippen molar-refractivity contribution in [1.82, 2.24) is 15.1 Å². The van der Waals surface area contributed by atoms with E-state index in [2.05, 4.69) is 19.2 Å². The van der Waals surface area contributed by atoms with E-state index in [1.54, 1.807) is 0 Å². The quantitative estimate of drug-likeness (QED) is 0.310. The van der Waals surface area contributed by atoms with Crippen LogP contribution >= 0.6 is 0 Å². The molecule has 184 valence electrons. The van der Waals surface area contributed by atoms with Gasteiger partial charge in [-0.05, 0) is 26.9 Å². The number of unbranched alkanes of at least 4 members (excludes halogenated alkanes) is 12. The van der Waals surface area contributed by atoms with Crippen LogP contribution in [0.2, 0.25) is 0 Å². The van der Waals surface area contributed by atoms with Crippen LogP contribution < -0.4 is 5.32 Å². The molecule has 0 aromatic heterocycles. The van der Waals surface area contributed by atoms with Crippen LogP contribution in [-0.4, -0.2) is 61.9 Å². The van der Waals surface area contributed by atoms with E-state index < -0.39 is 0 Å². The fraction of sp³-hybridized carbons (Fsp3) is 0.923. The van der Waals surface area contributed by atoms with Crippen molar-refractivity contribution in [3.8, 4) is 0 Å². The Labute approximate surface area is 193 Å². The first kappa shape index (κ1) is 29.9. The highest BCUT2D eigenvalue weighted by Gasteiger charge is 2.23. The summed E-state index contributed by atoms with van der Waals surface area (Å²) in [7, 11) is 3.75. The molecule has 0 unspecified atom stereocenters. The SMILES string of the molecule is CCCCCCCCCC(=O)N1CCN(C(=O)CCCCCCCCC)CC1.CNC. The minimum absolute atomic E-state index is 0.285. The lowest BCUT2D eigenvalue weighted by molar-refractivity contribution is -0.139. The fourth-order valence-electron chi connectivity index (χ4n) is 3.99. The van der Waals surface area contributed by atoms with Crippen LogP contribution in [0.4, 0.5) is 0 Å². The predicted molar refractivity (Wildman–Crippen MR) is 133 cm³/mol. The highest BCUT2D eigenvalue weighted by atomic mass is 16.2. The zero-order chi connectivity index (χ0) is 23.2. The second-order valence-corrected chi connectivity index (χ2v) is 9.00. The molecule has 0 aliphatic carbocycles. The van der Waals surface area contributed by atoms with Gasteiger partial charge in [0.1, 0.15) is 0 Å². The van der Waals surface area contributed by atoms with Gasteiger partial charge < -0.3 is 15.1 Å².